The summed E-state index contributed by atoms with van der Waals surface area (Å²) in [4.78, 5) is 26.2. The van der Waals surface area contributed by atoms with Crippen molar-refractivity contribution in [1.29, 1.82) is 0 Å². The molecule has 0 radical (unpaired) electrons. The van der Waals surface area contributed by atoms with Crippen LogP contribution in [-0.2, 0) is 4.79 Å². The zero-order valence-corrected chi connectivity index (χ0v) is 21.6. The Hall–Kier alpha value is -3.45. The van der Waals surface area contributed by atoms with Gasteiger partial charge in [0.25, 0.3) is 5.91 Å². The normalized spacial score (nSPS) is 17.2. The molecule has 7 nitrogen and oxygen atoms in total. The van der Waals surface area contributed by atoms with Gasteiger partial charge in [0.15, 0.2) is 5.60 Å². The topological polar surface area (TPSA) is 106 Å². The molecule has 2 atom stereocenters. The molecular weight excluding hydrogens is 468 g/mol. The molecule has 1 fully saturated rings. The number of hydrogen-bond acceptors (Lipinski definition) is 6. The number of carbonyl (C=O) groups excluding carboxylic acids is 1. The van der Waals surface area contributed by atoms with E-state index in [2.05, 4.69) is 10.5 Å². The number of benzene rings is 1. The fourth-order valence-electron chi connectivity index (χ4n) is 6.17. The first-order valence-electron chi connectivity index (χ1n) is 13.2. The van der Waals surface area contributed by atoms with Crippen molar-refractivity contribution in [3.8, 4) is 11.3 Å². The lowest BCUT2D eigenvalue weighted by molar-refractivity contribution is -0.140. The lowest BCUT2D eigenvalue weighted by Gasteiger charge is -2.40. The van der Waals surface area contributed by atoms with Crippen LogP contribution >= 0.6 is 0 Å². The van der Waals surface area contributed by atoms with Gasteiger partial charge in [-0.25, -0.2) is 4.79 Å². The van der Waals surface area contributed by atoms with E-state index in [4.69, 9.17) is 8.94 Å². The van der Waals surface area contributed by atoms with Crippen molar-refractivity contribution in [2.75, 3.05) is 5.32 Å². The third-order valence-electron chi connectivity index (χ3n) is 7.89. The van der Waals surface area contributed by atoms with Crippen molar-refractivity contribution < 1.29 is 18.8 Å². The molecule has 2 aromatic rings. The second-order valence-corrected chi connectivity index (χ2v) is 10.8. The summed E-state index contributed by atoms with van der Waals surface area (Å²) in [5.74, 6) is 0.00350. The highest BCUT2D eigenvalue weighted by molar-refractivity contribution is 6.00. The largest absolute Gasteiger partial charge is 0.464 e. The molecule has 3 aliphatic rings. The molecule has 194 valence electrons. The Bertz CT molecular complexity index is 1430. The summed E-state index contributed by atoms with van der Waals surface area (Å²) in [7, 11) is 0. The summed E-state index contributed by atoms with van der Waals surface area (Å²) in [5.41, 5.74) is 0.637. The first-order chi connectivity index (χ1) is 17.8. The van der Waals surface area contributed by atoms with Gasteiger partial charge in [-0.1, -0.05) is 63.2 Å². The Kier molecular flexibility index (Phi) is 6.90. The van der Waals surface area contributed by atoms with Crippen LogP contribution in [0.2, 0.25) is 0 Å². The quantitative estimate of drug-likeness (QED) is 0.308. The summed E-state index contributed by atoms with van der Waals surface area (Å²) in [6.07, 6.45) is 7.43. The number of amides is 1. The predicted octanol–water partition coefficient (Wildman–Crippen LogP) is 6.27. The summed E-state index contributed by atoms with van der Waals surface area (Å²) < 4.78 is 10.7. The van der Waals surface area contributed by atoms with Gasteiger partial charge in [0.05, 0.1) is 17.3 Å². The minimum Gasteiger partial charge on any atom is -0.464 e. The maximum Gasteiger partial charge on any atom is 0.366 e. The monoisotopic (exact) mass is 502 g/mol. The van der Waals surface area contributed by atoms with Crippen molar-refractivity contribution in [3.63, 3.8) is 0 Å². The third kappa shape index (κ3) is 4.80. The second kappa shape index (κ2) is 10.1. The Morgan fingerprint density at radius 1 is 1.14 bits per heavy atom. The Morgan fingerprint density at radius 3 is 2.68 bits per heavy atom. The Balaban J connectivity index is 1.55. The van der Waals surface area contributed by atoms with Crippen LogP contribution in [0.25, 0.3) is 22.1 Å². The molecule has 2 unspecified atom stereocenters. The molecule has 5 rings (SSSR count). The fourth-order valence-corrected chi connectivity index (χ4v) is 6.17. The number of rotatable bonds is 7. The fraction of sp³-hybridized carbons (Fsp3) is 0.433. The van der Waals surface area contributed by atoms with Gasteiger partial charge in [-0.15, -0.1) is 0 Å². The second-order valence-electron chi connectivity index (χ2n) is 10.8. The molecule has 37 heavy (non-hydrogen) atoms. The number of nitrogens with one attached hydrogen (secondary N) is 1. The molecule has 7 heteroatoms. The molecule has 2 heterocycles. The van der Waals surface area contributed by atoms with Crippen molar-refractivity contribution in [2.45, 2.75) is 70.8 Å². The number of aryl methyl sites for hydroxylation is 1. The number of anilines is 1. The van der Waals surface area contributed by atoms with E-state index < -0.39 is 23.1 Å². The van der Waals surface area contributed by atoms with E-state index in [0.29, 0.717) is 34.3 Å². The lowest BCUT2D eigenvalue weighted by atomic mass is 9.69. The van der Waals surface area contributed by atoms with Crippen LogP contribution in [0.1, 0.15) is 69.5 Å². The highest BCUT2D eigenvalue weighted by Gasteiger charge is 2.49. The van der Waals surface area contributed by atoms with Crippen molar-refractivity contribution in [2.24, 2.45) is 11.8 Å². The minimum absolute atomic E-state index is 0.0342. The Labute approximate surface area is 216 Å². The van der Waals surface area contributed by atoms with Gasteiger partial charge in [0.2, 0.25) is 0 Å². The van der Waals surface area contributed by atoms with Crippen LogP contribution in [0.15, 0.2) is 62.5 Å². The van der Waals surface area contributed by atoms with Crippen molar-refractivity contribution in [1.82, 2.24) is 5.16 Å². The Morgan fingerprint density at radius 2 is 1.92 bits per heavy atom. The maximum atomic E-state index is 14.1. The summed E-state index contributed by atoms with van der Waals surface area (Å²) >= 11 is 0. The van der Waals surface area contributed by atoms with Gasteiger partial charge in [-0.2, -0.15) is 0 Å². The van der Waals surface area contributed by atoms with Gasteiger partial charge >= 0.3 is 5.63 Å². The number of carbonyl (C=O) groups is 1. The average molecular weight is 503 g/mol. The van der Waals surface area contributed by atoms with E-state index >= 15 is 0 Å². The molecule has 0 spiro atoms. The molecule has 1 aromatic heterocycles. The molecule has 1 aromatic carbocycles. The number of nitrogens with zero attached hydrogens (tertiary/aromatic N) is 1. The van der Waals surface area contributed by atoms with E-state index in [0.717, 1.165) is 36.8 Å². The SMILES string of the molecule is Cc1noc(=O)c2ccc(NC(=O)C(O)(CC3CCCCC3)C(c3ccc4cccoc3-4)C(C)C)cc12. The molecule has 1 amide bonds. The van der Waals surface area contributed by atoms with Crippen LogP contribution in [0.3, 0.4) is 0 Å². The van der Waals surface area contributed by atoms with Crippen LogP contribution < -0.4 is 10.9 Å². The zero-order valence-electron chi connectivity index (χ0n) is 21.6. The maximum absolute atomic E-state index is 14.1. The molecule has 2 aliphatic carbocycles. The van der Waals surface area contributed by atoms with Gasteiger partial charge in [-0.3, -0.25) is 4.79 Å². The van der Waals surface area contributed by atoms with Crippen LogP contribution in [0.4, 0.5) is 5.69 Å². The van der Waals surface area contributed by atoms with E-state index in [1.165, 1.54) is 6.42 Å². The first kappa shape index (κ1) is 25.2. The van der Waals surface area contributed by atoms with Gasteiger partial charge in [0.1, 0.15) is 5.76 Å². The highest BCUT2D eigenvalue weighted by Crippen LogP contribution is 2.46. The summed E-state index contributed by atoms with van der Waals surface area (Å²) in [6.45, 7) is 5.82. The molecular formula is C30H34N2O5. The minimum atomic E-state index is -1.67. The number of fused-ring (bicyclic) bond motifs is 2. The van der Waals surface area contributed by atoms with Gasteiger partial charge in [-0.05, 0) is 55.5 Å². The first-order valence-corrected chi connectivity index (χ1v) is 13.2. The molecule has 2 N–H and O–H groups in total. The summed E-state index contributed by atoms with van der Waals surface area (Å²) in [5, 5.41) is 20.2. The lowest BCUT2D eigenvalue weighted by Crippen LogP contribution is -2.51. The van der Waals surface area contributed by atoms with Crippen LogP contribution in [0, 0.1) is 18.8 Å². The standard InChI is InChI=1S/C30H34N2O5/c1-18(2)26(24-13-11-21-10-7-15-36-27(21)24)30(35,17-20-8-5-4-6-9-20)29(34)31-22-12-14-23-25(16-22)19(3)32-37-28(23)33/h7,10-16,18,20,26,35H,4-6,8-9,17H2,1-3H3,(H,31,34). The number of hydrogen-bond donors (Lipinski definition) is 2. The van der Waals surface area contributed by atoms with Crippen LogP contribution in [0.5, 0.6) is 0 Å². The van der Waals surface area contributed by atoms with Gasteiger partial charge < -0.3 is 19.4 Å². The van der Waals surface area contributed by atoms with E-state index in [1.807, 2.05) is 38.1 Å². The number of aliphatic hydroxyl groups is 1. The zero-order chi connectivity index (χ0) is 26.2. The molecule has 1 aliphatic heterocycles. The van der Waals surface area contributed by atoms with Crippen molar-refractivity contribution in [3.05, 3.63) is 70.4 Å². The molecule has 0 saturated heterocycles. The molecule has 0 bridgehead atoms. The predicted molar refractivity (Wildman–Crippen MR) is 143 cm³/mol. The van der Waals surface area contributed by atoms with Gasteiger partial charge in [0, 0.05) is 28.1 Å². The van der Waals surface area contributed by atoms with E-state index in [-0.39, 0.29) is 11.8 Å². The summed E-state index contributed by atoms with van der Waals surface area (Å²) in [6, 6.07) is 12.8. The highest BCUT2D eigenvalue weighted by atomic mass is 16.5. The van der Waals surface area contributed by atoms with Crippen molar-refractivity contribution >= 4 is 22.4 Å². The number of aromatic nitrogens is 1. The molecule has 1 saturated carbocycles. The van der Waals surface area contributed by atoms with E-state index in [1.54, 1.807) is 31.4 Å². The smallest absolute Gasteiger partial charge is 0.366 e. The average Bonchev–Trinajstić information content (AvgIpc) is 3.30. The third-order valence-corrected chi connectivity index (χ3v) is 7.89. The van der Waals surface area contributed by atoms with E-state index in [9.17, 15) is 14.7 Å². The van der Waals surface area contributed by atoms with Crippen LogP contribution in [-0.4, -0.2) is 21.8 Å².